The Kier molecular flexibility index (Phi) is 4.07. The van der Waals surface area contributed by atoms with Crippen LogP contribution in [0.3, 0.4) is 0 Å². The Labute approximate surface area is 123 Å². The van der Waals surface area contributed by atoms with Gasteiger partial charge in [0.2, 0.25) is 0 Å². The third-order valence-electron chi connectivity index (χ3n) is 3.10. The van der Waals surface area contributed by atoms with E-state index in [0.29, 0.717) is 6.07 Å². The van der Waals surface area contributed by atoms with Gasteiger partial charge in [0.25, 0.3) is 5.91 Å². The van der Waals surface area contributed by atoms with E-state index in [4.69, 9.17) is 0 Å². The van der Waals surface area contributed by atoms with Gasteiger partial charge in [0.1, 0.15) is 11.5 Å². The number of nitrogens with one attached hydrogen (secondary N) is 1. The van der Waals surface area contributed by atoms with Gasteiger partial charge in [-0.05, 0) is 30.0 Å². The van der Waals surface area contributed by atoms with Crippen LogP contribution in [-0.4, -0.2) is 10.5 Å². The number of hydrogen-bond acceptors (Lipinski definition) is 1. The lowest BCUT2D eigenvalue weighted by Crippen LogP contribution is -2.20. The van der Waals surface area contributed by atoms with E-state index in [0.717, 1.165) is 6.07 Å². The zero-order chi connectivity index (χ0) is 16.5. The molecule has 3 nitrogen and oxygen atoms in total. The molecule has 22 heavy (non-hydrogen) atoms. The van der Waals surface area contributed by atoms with E-state index in [1.807, 2.05) is 0 Å². The van der Waals surface area contributed by atoms with Crippen LogP contribution in [0, 0.1) is 5.82 Å². The molecule has 0 radical (unpaired) electrons. The quantitative estimate of drug-likeness (QED) is 0.861. The average molecular weight is 312 g/mol. The summed E-state index contributed by atoms with van der Waals surface area (Å²) in [7, 11) is 1.58. The molecule has 1 heterocycles. The number of hydrogen-bond donors (Lipinski definition) is 1. The first-order chi connectivity index (χ1) is 10.3. The predicted molar refractivity (Wildman–Crippen MR) is 73.5 cm³/mol. The van der Waals surface area contributed by atoms with Crippen molar-refractivity contribution >= 4 is 5.91 Å². The van der Waals surface area contributed by atoms with Crippen molar-refractivity contribution in [2.75, 3.05) is 0 Å². The molecule has 1 N–H and O–H groups in total. The molecule has 0 saturated heterocycles. The van der Waals surface area contributed by atoms with Gasteiger partial charge in [0.15, 0.2) is 0 Å². The monoisotopic (exact) mass is 312 g/mol. The predicted octanol–water partition coefficient (Wildman–Crippen LogP) is 3.72. The second kappa shape index (κ2) is 5.67. The minimum Gasteiger partial charge on any atom is -0.346 e. The fourth-order valence-corrected chi connectivity index (χ4v) is 2.12. The molecule has 0 saturated carbocycles. The van der Waals surface area contributed by atoms with Crippen LogP contribution in [0.15, 0.2) is 43.2 Å². The maximum absolute atomic E-state index is 13.3. The first-order valence-electron chi connectivity index (χ1n) is 6.20. The molecule has 1 aromatic heterocycles. The van der Waals surface area contributed by atoms with Crippen LogP contribution in [0.2, 0.25) is 0 Å². The third kappa shape index (κ3) is 2.88. The normalized spacial score (nSPS) is 11.3. The fraction of sp³-hybridized carbons (Fsp3) is 0.133. The highest BCUT2D eigenvalue weighted by molar-refractivity contribution is 6.00. The molecule has 0 atom stereocenters. The number of carbonyl (C=O) groups is 1. The molecule has 0 aliphatic heterocycles. The Hall–Kier alpha value is -2.57. The van der Waals surface area contributed by atoms with Crippen LogP contribution in [-0.2, 0) is 13.2 Å². The van der Waals surface area contributed by atoms with E-state index >= 15 is 0 Å². The average Bonchev–Trinajstić information content (AvgIpc) is 2.80. The summed E-state index contributed by atoms with van der Waals surface area (Å²) in [6, 6.07) is 4.12. The van der Waals surface area contributed by atoms with E-state index in [-0.39, 0.29) is 16.8 Å². The second-order valence-corrected chi connectivity index (χ2v) is 4.56. The van der Waals surface area contributed by atoms with Gasteiger partial charge < -0.3 is 9.88 Å². The van der Waals surface area contributed by atoms with Gasteiger partial charge >= 0.3 is 6.18 Å². The maximum atomic E-state index is 13.3. The van der Waals surface area contributed by atoms with Crippen molar-refractivity contribution in [3.63, 3.8) is 0 Å². The molecule has 0 bridgehead atoms. The van der Waals surface area contributed by atoms with Crippen molar-refractivity contribution in [2.24, 2.45) is 7.05 Å². The van der Waals surface area contributed by atoms with Gasteiger partial charge in [-0.25, -0.2) is 4.39 Å². The molecule has 1 amide bonds. The van der Waals surface area contributed by atoms with E-state index < -0.39 is 23.5 Å². The second-order valence-electron chi connectivity index (χ2n) is 4.56. The Bertz CT molecular complexity index is 732. The van der Waals surface area contributed by atoms with Gasteiger partial charge in [-0.1, -0.05) is 12.6 Å². The van der Waals surface area contributed by atoms with Gasteiger partial charge in [-0.3, -0.25) is 4.79 Å². The van der Waals surface area contributed by atoms with Crippen LogP contribution in [0.1, 0.15) is 16.1 Å². The Morgan fingerprint density at radius 2 is 2.00 bits per heavy atom. The molecule has 0 aliphatic carbocycles. The molecular formula is C15H12F4N2O. The Balaban J connectivity index is 2.59. The van der Waals surface area contributed by atoms with Crippen molar-refractivity contribution in [2.45, 2.75) is 6.18 Å². The molecule has 0 fully saturated rings. The summed E-state index contributed by atoms with van der Waals surface area (Å²) in [4.78, 5) is 12.0. The molecule has 0 aliphatic rings. The number of aryl methyl sites for hydroxylation is 1. The Morgan fingerprint density at radius 3 is 2.59 bits per heavy atom. The van der Waals surface area contributed by atoms with Gasteiger partial charge in [-0.2, -0.15) is 13.2 Å². The number of carbonyl (C=O) groups excluding carboxylic acids is 1. The molecule has 7 heteroatoms. The van der Waals surface area contributed by atoms with Crippen molar-refractivity contribution in [3.05, 3.63) is 60.3 Å². The SMILES string of the molecule is C=CNC(=O)c1c(-c2ccc(F)c(C(F)(F)F)c2)ccn1C. The van der Waals surface area contributed by atoms with Gasteiger partial charge in [-0.15, -0.1) is 0 Å². The Morgan fingerprint density at radius 1 is 1.32 bits per heavy atom. The zero-order valence-electron chi connectivity index (χ0n) is 11.5. The van der Waals surface area contributed by atoms with Gasteiger partial charge in [0.05, 0.1) is 5.56 Å². The fourth-order valence-electron chi connectivity index (χ4n) is 2.12. The van der Waals surface area contributed by atoms with E-state index in [9.17, 15) is 22.4 Å². The number of benzene rings is 1. The maximum Gasteiger partial charge on any atom is 0.419 e. The number of rotatable bonds is 3. The molecular weight excluding hydrogens is 300 g/mol. The number of aromatic nitrogens is 1. The minimum absolute atomic E-state index is 0.100. The minimum atomic E-state index is -4.81. The molecule has 116 valence electrons. The summed E-state index contributed by atoms with van der Waals surface area (Å²) in [6.07, 6.45) is -2.10. The van der Waals surface area contributed by atoms with Crippen LogP contribution in [0.5, 0.6) is 0 Å². The number of amides is 1. The van der Waals surface area contributed by atoms with Crippen molar-refractivity contribution in [1.82, 2.24) is 9.88 Å². The lowest BCUT2D eigenvalue weighted by Gasteiger charge is -2.11. The highest BCUT2D eigenvalue weighted by Gasteiger charge is 2.34. The van der Waals surface area contributed by atoms with Crippen molar-refractivity contribution in [1.29, 1.82) is 0 Å². The molecule has 1 aromatic carbocycles. The van der Waals surface area contributed by atoms with E-state index in [1.165, 1.54) is 29.1 Å². The standard InChI is InChI=1S/C15H12F4N2O/c1-3-20-14(22)13-10(6-7-21(13)2)9-4-5-12(16)11(8-9)15(17,18)19/h3-8H,1H2,2H3,(H,20,22). The van der Waals surface area contributed by atoms with E-state index in [1.54, 1.807) is 7.05 Å². The largest absolute Gasteiger partial charge is 0.419 e. The van der Waals surface area contributed by atoms with Crippen molar-refractivity contribution < 1.29 is 22.4 Å². The smallest absolute Gasteiger partial charge is 0.346 e. The zero-order valence-corrected chi connectivity index (χ0v) is 11.5. The summed E-state index contributed by atoms with van der Waals surface area (Å²) in [5, 5.41) is 2.36. The summed E-state index contributed by atoms with van der Waals surface area (Å²) in [5.74, 6) is -1.88. The number of alkyl halides is 3. The van der Waals surface area contributed by atoms with Gasteiger partial charge in [0, 0.05) is 18.8 Å². The highest BCUT2D eigenvalue weighted by Crippen LogP contribution is 2.35. The summed E-state index contributed by atoms with van der Waals surface area (Å²) in [6.45, 7) is 3.36. The molecule has 0 unspecified atom stereocenters. The third-order valence-corrected chi connectivity index (χ3v) is 3.10. The molecule has 2 rings (SSSR count). The number of nitrogens with zero attached hydrogens (tertiary/aromatic N) is 1. The summed E-state index contributed by atoms with van der Waals surface area (Å²) >= 11 is 0. The lowest BCUT2D eigenvalue weighted by atomic mass is 10.0. The molecule has 2 aromatic rings. The number of halogens is 4. The first kappa shape index (κ1) is 15.8. The molecule has 0 spiro atoms. The van der Waals surface area contributed by atoms with Crippen LogP contribution in [0.25, 0.3) is 11.1 Å². The van der Waals surface area contributed by atoms with E-state index in [2.05, 4.69) is 11.9 Å². The lowest BCUT2D eigenvalue weighted by molar-refractivity contribution is -0.139. The summed E-state index contributed by atoms with van der Waals surface area (Å²) in [5.41, 5.74) is -0.848. The van der Waals surface area contributed by atoms with Crippen LogP contribution in [0.4, 0.5) is 17.6 Å². The summed E-state index contributed by atoms with van der Waals surface area (Å²) < 4.78 is 53.2. The van der Waals surface area contributed by atoms with Crippen molar-refractivity contribution in [3.8, 4) is 11.1 Å². The topological polar surface area (TPSA) is 34.0 Å². The van der Waals surface area contributed by atoms with Crippen LogP contribution >= 0.6 is 0 Å². The highest BCUT2D eigenvalue weighted by atomic mass is 19.4. The van der Waals surface area contributed by atoms with Crippen LogP contribution < -0.4 is 5.32 Å². The first-order valence-corrected chi connectivity index (χ1v) is 6.20.